The van der Waals surface area contributed by atoms with Gasteiger partial charge in [0.2, 0.25) is 0 Å². The fourth-order valence-electron chi connectivity index (χ4n) is 4.01. The molecule has 2 heterocycles. The van der Waals surface area contributed by atoms with Crippen molar-refractivity contribution in [2.75, 3.05) is 19.1 Å². The molecule has 34 heavy (non-hydrogen) atoms. The molecule has 1 fully saturated rings. The van der Waals surface area contributed by atoms with Gasteiger partial charge in [0.05, 0.1) is 36.1 Å². The van der Waals surface area contributed by atoms with Crippen LogP contribution in [0, 0.1) is 0 Å². The summed E-state index contributed by atoms with van der Waals surface area (Å²) in [6, 6.07) is 20.4. The molecule has 0 spiro atoms. The van der Waals surface area contributed by atoms with Crippen LogP contribution in [0.1, 0.15) is 17.2 Å². The third-order valence-corrected chi connectivity index (χ3v) is 6.73. The number of hydrogen-bond acceptors (Lipinski definition) is 7. The molecule has 7 nitrogen and oxygen atoms in total. The number of anilines is 1. The van der Waals surface area contributed by atoms with E-state index in [1.165, 1.54) is 16.2 Å². The minimum atomic E-state index is -0.828. The normalized spacial score (nSPS) is 17.4. The number of methoxy groups -OCH3 is 2. The molecule has 3 aromatic carbocycles. The first-order valence-electron chi connectivity index (χ1n) is 10.5. The molecule has 0 unspecified atom stereocenters. The predicted molar refractivity (Wildman–Crippen MR) is 130 cm³/mol. The van der Waals surface area contributed by atoms with E-state index in [1.54, 1.807) is 50.6 Å². The van der Waals surface area contributed by atoms with Gasteiger partial charge in [-0.05, 0) is 48.0 Å². The first kappa shape index (κ1) is 21.7. The van der Waals surface area contributed by atoms with Crippen LogP contribution < -0.4 is 14.4 Å². The Labute approximate surface area is 199 Å². The van der Waals surface area contributed by atoms with Gasteiger partial charge in [0.1, 0.15) is 17.3 Å². The number of aliphatic hydroxyl groups excluding tert-OH is 1. The van der Waals surface area contributed by atoms with E-state index in [-0.39, 0.29) is 11.3 Å². The highest BCUT2D eigenvalue weighted by atomic mass is 32.1. The van der Waals surface area contributed by atoms with Crippen molar-refractivity contribution in [3.63, 3.8) is 0 Å². The maximum absolute atomic E-state index is 13.3. The number of rotatable bonds is 5. The van der Waals surface area contributed by atoms with Crippen molar-refractivity contribution < 1.29 is 24.2 Å². The van der Waals surface area contributed by atoms with Crippen LogP contribution in [0.4, 0.5) is 5.13 Å². The molecule has 0 saturated carbocycles. The molecule has 0 radical (unpaired) electrons. The van der Waals surface area contributed by atoms with E-state index in [2.05, 4.69) is 4.98 Å². The standard InChI is InChI=1S/C26H20N2O5S/c1-32-17-10-8-16(9-11-17)23(29)21-22(15-6-4-3-5-7-15)28(25(31)24(21)30)26-27-19-13-12-18(33-2)14-20(19)34-26/h3-14,22,29H,1-2H3/b23-21+/t22-/m1/s1. The van der Waals surface area contributed by atoms with E-state index < -0.39 is 17.7 Å². The van der Waals surface area contributed by atoms with Gasteiger partial charge in [-0.1, -0.05) is 41.7 Å². The molecule has 8 heteroatoms. The fraction of sp³-hybridized carbons (Fsp3) is 0.115. The van der Waals surface area contributed by atoms with Gasteiger partial charge in [-0.25, -0.2) is 4.98 Å². The van der Waals surface area contributed by atoms with Crippen LogP contribution in [0.3, 0.4) is 0 Å². The minimum absolute atomic E-state index is 0.0122. The number of ketones is 1. The summed E-state index contributed by atoms with van der Waals surface area (Å²) < 4.78 is 11.3. The second-order valence-corrected chi connectivity index (χ2v) is 8.65. The highest BCUT2D eigenvalue weighted by Gasteiger charge is 2.48. The molecule has 1 aromatic heterocycles. The Morgan fingerprint density at radius 3 is 2.29 bits per heavy atom. The van der Waals surface area contributed by atoms with E-state index in [1.807, 2.05) is 36.4 Å². The van der Waals surface area contributed by atoms with Gasteiger partial charge < -0.3 is 14.6 Å². The van der Waals surface area contributed by atoms with Gasteiger partial charge >= 0.3 is 5.91 Å². The molecule has 1 saturated heterocycles. The van der Waals surface area contributed by atoms with Gasteiger partial charge in [-0.2, -0.15) is 0 Å². The van der Waals surface area contributed by atoms with E-state index in [0.717, 1.165) is 4.70 Å². The van der Waals surface area contributed by atoms with E-state index >= 15 is 0 Å². The third kappa shape index (κ3) is 3.58. The molecule has 170 valence electrons. The number of aliphatic hydroxyl groups is 1. The number of ether oxygens (including phenoxy) is 2. The van der Waals surface area contributed by atoms with Crippen LogP contribution in [0.2, 0.25) is 0 Å². The largest absolute Gasteiger partial charge is 0.507 e. The van der Waals surface area contributed by atoms with E-state index in [9.17, 15) is 14.7 Å². The summed E-state index contributed by atoms with van der Waals surface area (Å²) in [5.41, 5.74) is 1.80. The SMILES string of the molecule is COc1ccc(/C(O)=C2\C(=O)C(=O)N(c3nc4ccc(OC)cc4s3)[C@@H]2c2ccccc2)cc1. The number of aromatic nitrogens is 1. The van der Waals surface area contributed by atoms with Crippen molar-refractivity contribution >= 4 is 44.1 Å². The number of carbonyl (C=O) groups is 2. The lowest BCUT2D eigenvalue weighted by Crippen LogP contribution is -2.29. The maximum Gasteiger partial charge on any atom is 0.301 e. The Kier molecular flexibility index (Phi) is 5.51. The molecule has 1 aliphatic rings. The molecule has 1 N–H and O–H groups in total. The van der Waals surface area contributed by atoms with E-state index in [4.69, 9.17) is 9.47 Å². The van der Waals surface area contributed by atoms with Crippen molar-refractivity contribution in [2.24, 2.45) is 0 Å². The molecular weight excluding hydrogens is 452 g/mol. The smallest absolute Gasteiger partial charge is 0.301 e. The van der Waals surface area contributed by atoms with Crippen LogP contribution in [0.5, 0.6) is 11.5 Å². The minimum Gasteiger partial charge on any atom is -0.507 e. The molecule has 1 amide bonds. The van der Waals surface area contributed by atoms with Crippen LogP contribution in [-0.2, 0) is 9.59 Å². The zero-order valence-electron chi connectivity index (χ0n) is 18.4. The number of fused-ring (bicyclic) bond motifs is 1. The Morgan fingerprint density at radius 1 is 0.941 bits per heavy atom. The number of amides is 1. The van der Waals surface area contributed by atoms with Crippen LogP contribution in [-0.4, -0.2) is 36.0 Å². The zero-order valence-corrected chi connectivity index (χ0v) is 19.2. The van der Waals surface area contributed by atoms with Crippen LogP contribution in [0.25, 0.3) is 16.0 Å². The van der Waals surface area contributed by atoms with E-state index in [0.29, 0.717) is 33.3 Å². The third-order valence-electron chi connectivity index (χ3n) is 5.71. The fourth-order valence-corrected chi connectivity index (χ4v) is 5.03. The quantitative estimate of drug-likeness (QED) is 0.251. The Balaban J connectivity index is 1.69. The van der Waals surface area contributed by atoms with Gasteiger partial charge in [-0.15, -0.1) is 0 Å². The lowest BCUT2D eigenvalue weighted by Gasteiger charge is -2.22. The molecule has 0 bridgehead atoms. The molecular formula is C26H20N2O5S. The summed E-state index contributed by atoms with van der Waals surface area (Å²) in [4.78, 5) is 32.5. The number of Topliss-reactive ketones (excluding diaryl/α,β-unsaturated/α-hetero) is 1. The number of nitrogens with zero attached hydrogens (tertiary/aromatic N) is 2. The van der Waals surface area contributed by atoms with Gasteiger partial charge in [0.15, 0.2) is 5.13 Å². The van der Waals surface area contributed by atoms with Crippen LogP contribution >= 0.6 is 11.3 Å². The summed E-state index contributed by atoms with van der Waals surface area (Å²) >= 11 is 1.28. The summed E-state index contributed by atoms with van der Waals surface area (Å²) in [6.45, 7) is 0. The first-order chi connectivity index (χ1) is 16.5. The molecule has 0 aliphatic carbocycles. The molecule has 4 aromatic rings. The molecule has 1 atom stereocenters. The maximum atomic E-state index is 13.3. The monoisotopic (exact) mass is 472 g/mol. The number of benzene rings is 3. The number of hydrogen-bond donors (Lipinski definition) is 1. The summed E-state index contributed by atoms with van der Waals surface area (Å²) in [5, 5.41) is 11.6. The Bertz CT molecular complexity index is 1430. The average molecular weight is 473 g/mol. The van der Waals surface area contributed by atoms with Crippen molar-refractivity contribution in [2.45, 2.75) is 6.04 Å². The molecule has 5 rings (SSSR count). The van der Waals surface area contributed by atoms with Crippen molar-refractivity contribution in [1.82, 2.24) is 4.98 Å². The highest BCUT2D eigenvalue weighted by molar-refractivity contribution is 7.22. The van der Waals surface area contributed by atoms with Gasteiger partial charge in [0, 0.05) is 5.56 Å². The lowest BCUT2D eigenvalue weighted by molar-refractivity contribution is -0.132. The van der Waals surface area contributed by atoms with Crippen molar-refractivity contribution in [3.8, 4) is 11.5 Å². The van der Waals surface area contributed by atoms with Crippen molar-refractivity contribution in [1.29, 1.82) is 0 Å². The van der Waals surface area contributed by atoms with Gasteiger partial charge in [-0.3, -0.25) is 14.5 Å². The highest BCUT2D eigenvalue weighted by Crippen LogP contribution is 2.44. The van der Waals surface area contributed by atoms with Crippen LogP contribution in [0.15, 0.2) is 78.4 Å². The topological polar surface area (TPSA) is 89.0 Å². The Hall–Kier alpha value is -4.17. The molecule has 1 aliphatic heterocycles. The summed E-state index contributed by atoms with van der Waals surface area (Å²) in [7, 11) is 3.12. The Morgan fingerprint density at radius 2 is 1.62 bits per heavy atom. The second kappa shape index (κ2) is 8.64. The summed E-state index contributed by atoms with van der Waals surface area (Å²) in [5.74, 6) is -0.473. The van der Waals surface area contributed by atoms with Gasteiger partial charge in [0.25, 0.3) is 5.78 Å². The lowest BCUT2D eigenvalue weighted by atomic mass is 9.95. The average Bonchev–Trinajstić information content (AvgIpc) is 3.41. The second-order valence-electron chi connectivity index (χ2n) is 7.64. The van der Waals surface area contributed by atoms with Crippen molar-refractivity contribution in [3.05, 3.63) is 89.5 Å². The summed E-state index contributed by atoms with van der Waals surface area (Å²) in [6.07, 6.45) is 0. The first-order valence-corrected chi connectivity index (χ1v) is 11.3. The number of thiazole rings is 1. The number of carbonyl (C=O) groups excluding carboxylic acids is 2. The zero-order chi connectivity index (χ0) is 23.8. The predicted octanol–water partition coefficient (Wildman–Crippen LogP) is 4.94.